The van der Waals surface area contributed by atoms with E-state index in [0.717, 1.165) is 48.9 Å². The molecule has 2 saturated carbocycles. The first-order valence-electron chi connectivity index (χ1n) is 8.75. The van der Waals surface area contributed by atoms with Crippen LogP contribution in [-0.4, -0.2) is 28.1 Å². The molecule has 0 spiro atoms. The molecule has 0 radical (unpaired) electrons. The van der Waals surface area contributed by atoms with E-state index in [1.54, 1.807) is 0 Å². The van der Waals surface area contributed by atoms with E-state index in [-0.39, 0.29) is 0 Å². The smallest absolute Gasteiger partial charge is 0.144 e. The minimum absolute atomic E-state index is 0.312. The summed E-state index contributed by atoms with van der Waals surface area (Å²) in [7, 11) is 0. The summed E-state index contributed by atoms with van der Waals surface area (Å²) in [6.45, 7) is 1.08. The summed E-state index contributed by atoms with van der Waals surface area (Å²) in [4.78, 5) is 0. The van der Waals surface area contributed by atoms with Crippen molar-refractivity contribution < 1.29 is 9.84 Å². The van der Waals surface area contributed by atoms with Crippen molar-refractivity contribution in [3.05, 3.63) is 18.3 Å². The van der Waals surface area contributed by atoms with Crippen LogP contribution in [0.1, 0.15) is 44.6 Å². The number of rotatable bonds is 5. The zero-order valence-electron chi connectivity index (χ0n) is 13.4. The number of aliphatic hydroxyl groups is 1. The molecule has 3 N–H and O–H groups in total. The molecule has 23 heavy (non-hydrogen) atoms. The second-order valence-electron chi connectivity index (χ2n) is 7.17. The SMILES string of the molecule is Nc1cc2cn(C3CCC(CO)CC3)nc2cc1OCC1CC1. The molecule has 124 valence electrons. The van der Waals surface area contributed by atoms with Crippen LogP contribution in [0.25, 0.3) is 10.9 Å². The molecular formula is C18H25N3O2. The number of nitrogen functional groups attached to an aromatic ring is 1. The van der Waals surface area contributed by atoms with E-state index in [0.29, 0.717) is 30.2 Å². The summed E-state index contributed by atoms with van der Waals surface area (Å²) in [5, 5.41) is 15.1. The first-order valence-corrected chi connectivity index (χ1v) is 8.75. The van der Waals surface area contributed by atoms with Gasteiger partial charge in [0.1, 0.15) is 5.75 Å². The molecule has 5 heteroatoms. The second kappa shape index (κ2) is 6.04. The Kier molecular flexibility index (Phi) is 3.89. The highest BCUT2D eigenvalue weighted by Crippen LogP contribution is 2.35. The van der Waals surface area contributed by atoms with E-state index >= 15 is 0 Å². The van der Waals surface area contributed by atoms with Crippen molar-refractivity contribution in [1.82, 2.24) is 9.78 Å². The van der Waals surface area contributed by atoms with Gasteiger partial charge in [-0.15, -0.1) is 0 Å². The number of hydrogen-bond acceptors (Lipinski definition) is 4. The summed E-state index contributed by atoms with van der Waals surface area (Å²) in [6.07, 6.45) is 8.96. The number of aromatic nitrogens is 2. The van der Waals surface area contributed by atoms with Crippen LogP contribution in [0.5, 0.6) is 5.75 Å². The molecule has 0 unspecified atom stereocenters. The van der Waals surface area contributed by atoms with Gasteiger partial charge in [-0.05, 0) is 56.4 Å². The van der Waals surface area contributed by atoms with Crippen molar-refractivity contribution >= 4 is 16.6 Å². The number of benzene rings is 1. The maximum Gasteiger partial charge on any atom is 0.144 e. The lowest BCUT2D eigenvalue weighted by molar-refractivity contribution is 0.165. The highest BCUT2D eigenvalue weighted by atomic mass is 16.5. The molecule has 1 aromatic heterocycles. The van der Waals surface area contributed by atoms with E-state index in [1.165, 1.54) is 12.8 Å². The van der Waals surface area contributed by atoms with Crippen LogP contribution in [-0.2, 0) is 0 Å². The molecule has 2 aliphatic carbocycles. The van der Waals surface area contributed by atoms with Crippen molar-refractivity contribution in [2.45, 2.75) is 44.6 Å². The zero-order valence-corrected chi connectivity index (χ0v) is 13.4. The third-order valence-corrected chi connectivity index (χ3v) is 5.27. The Morgan fingerprint density at radius 3 is 2.57 bits per heavy atom. The lowest BCUT2D eigenvalue weighted by Crippen LogP contribution is -2.20. The lowest BCUT2D eigenvalue weighted by atomic mass is 9.87. The number of anilines is 1. The van der Waals surface area contributed by atoms with Gasteiger partial charge in [0.15, 0.2) is 0 Å². The van der Waals surface area contributed by atoms with Gasteiger partial charge >= 0.3 is 0 Å². The molecule has 4 rings (SSSR count). The van der Waals surface area contributed by atoms with Crippen molar-refractivity contribution in [2.24, 2.45) is 11.8 Å². The van der Waals surface area contributed by atoms with Crippen LogP contribution >= 0.6 is 0 Å². The topological polar surface area (TPSA) is 73.3 Å². The van der Waals surface area contributed by atoms with Crippen LogP contribution in [0.2, 0.25) is 0 Å². The monoisotopic (exact) mass is 315 g/mol. The van der Waals surface area contributed by atoms with Gasteiger partial charge in [0.2, 0.25) is 0 Å². The third-order valence-electron chi connectivity index (χ3n) is 5.27. The Morgan fingerprint density at radius 2 is 1.87 bits per heavy atom. The van der Waals surface area contributed by atoms with E-state index in [1.807, 2.05) is 12.1 Å². The Morgan fingerprint density at radius 1 is 1.13 bits per heavy atom. The summed E-state index contributed by atoms with van der Waals surface area (Å²) in [5.74, 6) is 1.94. The Labute approximate surface area is 136 Å². The van der Waals surface area contributed by atoms with Gasteiger partial charge in [-0.1, -0.05) is 0 Å². The number of ether oxygens (including phenoxy) is 1. The largest absolute Gasteiger partial charge is 0.491 e. The lowest BCUT2D eigenvalue weighted by Gasteiger charge is -2.27. The predicted molar refractivity (Wildman–Crippen MR) is 90.4 cm³/mol. The molecule has 1 aromatic carbocycles. The minimum atomic E-state index is 0.312. The third kappa shape index (κ3) is 3.15. The molecule has 0 amide bonds. The van der Waals surface area contributed by atoms with Crippen LogP contribution in [0.3, 0.4) is 0 Å². The Bertz CT molecular complexity index is 685. The number of hydrogen-bond donors (Lipinski definition) is 2. The minimum Gasteiger partial charge on any atom is -0.491 e. The molecule has 0 aliphatic heterocycles. The fourth-order valence-corrected chi connectivity index (χ4v) is 3.49. The maximum absolute atomic E-state index is 9.27. The Hall–Kier alpha value is -1.75. The number of nitrogens with zero attached hydrogens (tertiary/aromatic N) is 2. The summed E-state index contributed by atoms with van der Waals surface area (Å²) in [5.41, 5.74) is 7.78. The van der Waals surface area contributed by atoms with Crippen LogP contribution in [0.15, 0.2) is 18.3 Å². The Balaban J connectivity index is 1.52. The van der Waals surface area contributed by atoms with E-state index < -0.39 is 0 Å². The molecule has 2 fully saturated rings. The fourth-order valence-electron chi connectivity index (χ4n) is 3.49. The molecule has 1 heterocycles. The number of fused-ring (bicyclic) bond motifs is 1. The summed E-state index contributed by atoms with van der Waals surface area (Å²) < 4.78 is 7.94. The summed E-state index contributed by atoms with van der Waals surface area (Å²) in [6, 6.07) is 4.38. The van der Waals surface area contributed by atoms with Crippen molar-refractivity contribution in [3.8, 4) is 5.75 Å². The summed E-state index contributed by atoms with van der Waals surface area (Å²) >= 11 is 0. The van der Waals surface area contributed by atoms with Crippen LogP contribution in [0, 0.1) is 11.8 Å². The predicted octanol–water partition coefficient (Wildman–Crippen LogP) is 3.13. The molecule has 0 saturated heterocycles. The zero-order chi connectivity index (χ0) is 15.8. The molecule has 0 bridgehead atoms. The average molecular weight is 315 g/mol. The number of nitrogens with two attached hydrogens (primary N) is 1. The average Bonchev–Trinajstić information content (AvgIpc) is 3.31. The van der Waals surface area contributed by atoms with Crippen molar-refractivity contribution in [2.75, 3.05) is 18.9 Å². The molecule has 0 atom stereocenters. The van der Waals surface area contributed by atoms with Crippen molar-refractivity contribution in [1.29, 1.82) is 0 Å². The van der Waals surface area contributed by atoms with Gasteiger partial charge in [-0.3, -0.25) is 4.68 Å². The van der Waals surface area contributed by atoms with Crippen LogP contribution in [0.4, 0.5) is 5.69 Å². The highest BCUT2D eigenvalue weighted by molar-refractivity contribution is 5.84. The maximum atomic E-state index is 9.27. The van der Waals surface area contributed by atoms with Gasteiger partial charge in [0.25, 0.3) is 0 Å². The fraction of sp³-hybridized carbons (Fsp3) is 0.611. The van der Waals surface area contributed by atoms with E-state index in [4.69, 9.17) is 15.6 Å². The quantitative estimate of drug-likeness (QED) is 0.831. The van der Waals surface area contributed by atoms with Gasteiger partial charge in [-0.25, -0.2) is 0 Å². The van der Waals surface area contributed by atoms with Gasteiger partial charge in [-0.2, -0.15) is 5.10 Å². The van der Waals surface area contributed by atoms with Gasteiger partial charge < -0.3 is 15.6 Å². The van der Waals surface area contributed by atoms with Gasteiger partial charge in [0, 0.05) is 24.3 Å². The van der Waals surface area contributed by atoms with Crippen molar-refractivity contribution in [3.63, 3.8) is 0 Å². The van der Waals surface area contributed by atoms with Gasteiger partial charge in [0.05, 0.1) is 23.9 Å². The first-order chi connectivity index (χ1) is 11.2. The molecule has 2 aromatic rings. The van der Waals surface area contributed by atoms with E-state index in [2.05, 4.69) is 10.9 Å². The normalized spacial score (nSPS) is 24.9. The number of aliphatic hydroxyl groups excluding tert-OH is 1. The van der Waals surface area contributed by atoms with Crippen LogP contribution < -0.4 is 10.5 Å². The van der Waals surface area contributed by atoms with E-state index in [9.17, 15) is 5.11 Å². The highest BCUT2D eigenvalue weighted by Gasteiger charge is 2.24. The second-order valence-corrected chi connectivity index (χ2v) is 7.17. The first kappa shape index (κ1) is 14.8. The molecule has 5 nitrogen and oxygen atoms in total. The molecule has 2 aliphatic rings. The molecular weight excluding hydrogens is 290 g/mol. The standard InChI is InChI=1S/C18H25N3O2/c19-16-7-14-9-21(15-5-3-12(10-22)4-6-15)20-17(14)8-18(16)23-11-13-1-2-13/h7-9,12-13,15,22H,1-6,10-11,19H2.